The number of carbonyl (C=O) groups is 2. The van der Waals surface area contributed by atoms with Crippen LogP contribution in [0.5, 0.6) is 0 Å². The highest BCUT2D eigenvalue weighted by Crippen LogP contribution is 2.44. The Morgan fingerprint density at radius 2 is 1.47 bits per heavy atom. The average Bonchev–Trinajstić information content (AvgIpc) is 3.01. The van der Waals surface area contributed by atoms with Crippen molar-refractivity contribution in [2.24, 2.45) is 5.11 Å². The minimum atomic E-state index is -1.12. The van der Waals surface area contributed by atoms with Crippen molar-refractivity contribution < 1.29 is 33.3 Å². The Balaban J connectivity index is 1.53. The predicted octanol–water partition coefficient (Wildman–Crippen LogP) is 6.32. The van der Waals surface area contributed by atoms with E-state index in [1.807, 2.05) is 91.0 Å². The number of rotatable bonds is 10. The number of hydrogen-bond acceptors (Lipinski definition) is 10. The van der Waals surface area contributed by atoms with Crippen molar-refractivity contribution in [1.82, 2.24) is 0 Å². The van der Waals surface area contributed by atoms with Crippen LogP contribution in [0, 0.1) is 0 Å². The van der Waals surface area contributed by atoms with Crippen molar-refractivity contribution >= 4 is 35.5 Å². The molecule has 0 saturated carbocycles. The van der Waals surface area contributed by atoms with E-state index >= 15 is 0 Å². The maximum absolute atomic E-state index is 12.6. The smallest absolute Gasteiger partial charge is 0.303 e. The van der Waals surface area contributed by atoms with Crippen LogP contribution in [0.25, 0.3) is 10.4 Å². The van der Waals surface area contributed by atoms with Crippen LogP contribution in [0.15, 0.2) is 106 Å². The number of hydrogen-bond donors (Lipinski definition) is 0. The number of carbonyl (C=O) groups excluding carboxylic acids is 2. The topological polar surface area (TPSA) is 129 Å². The van der Waals surface area contributed by atoms with Crippen molar-refractivity contribution in [2.75, 3.05) is 6.61 Å². The minimum absolute atomic E-state index is 0.111. The summed E-state index contributed by atoms with van der Waals surface area (Å²) in [5, 5.41) is 4.06. The first-order valence-electron chi connectivity index (χ1n) is 13.7. The van der Waals surface area contributed by atoms with Gasteiger partial charge in [-0.15, -0.1) is 23.5 Å². The van der Waals surface area contributed by atoms with E-state index in [1.165, 1.54) is 37.4 Å². The largest absolute Gasteiger partial charge is 0.459 e. The van der Waals surface area contributed by atoms with Crippen LogP contribution in [0.4, 0.5) is 0 Å². The molecule has 2 heterocycles. The number of nitrogens with zero attached hydrogens (tertiary/aromatic N) is 3. The van der Waals surface area contributed by atoms with Crippen molar-refractivity contribution in [3.63, 3.8) is 0 Å². The van der Waals surface area contributed by atoms with Gasteiger partial charge in [-0.1, -0.05) is 71.8 Å². The molecule has 2 saturated heterocycles. The standard InChI is InChI=1S/C31H31N3O7S2/c1-19(35)38-27-25(33-34-32)26-24(18-37-30(41-26)21-12-6-3-7-13-21)40-28(27)29(39-20(2)36)31(42-22-14-8-4-9-15-22)43-23-16-10-5-11-17-23/h3-17,24-31H,18H2,1-2H3/t24-,25-,26+,27-,28-,29-,30+/m1/s1. The Kier molecular flexibility index (Phi) is 10.6. The molecule has 0 radical (unpaired) electrons. The van der Waals surface area contributed by atoms with Crippen LogP contribution in [0.3, 0.4) is 0 Å². The van der Waals surface area contributed by atoms with E-state index < -0.39 is 59.4 Å². The fraction of sp³-hybridized carbons (Fsp3) is 0.355. The Labute approximate surface area is 258 Å². The molecular weight excluding hydrogens is 590 g/mol. The maximum Gasteiger partial charge on any atom is 0.303 e. The van der Waals surface area contributed by atoms with Crippen LogP contribution in [0.1, 0.15) is 25.7 Å². The fourth-order valence-corrected chi connectivity index (χ4v) is 7.80. The van der Waals surface area contributed by atoms with Crippen molar-refractivity contribution in [2.45, 2.75) is 71.1 Å². The number of ether oxygens (including phenoxy) is 5. The fourth-order valence-electron chi connectivity index (χ4n) is 5.09. The molecule has 7 atom stereocenters. The third-order valence-electron chi connectivity index (χ3n) is 6.83. The molecule has 2 fully saturated rings. The molecule has 5 rings (SSSR count). The molecule has 0 N–H and O–H groups in total. The zero-order chi connectivity index (χ0) is 30.2. The van der Waals surface area contributed by atoms with Crippen LogP contribution < -0.4 is 0 Å². The van der Waals surface area contributed by atoms with Gasteiger partial charge in [-0.2, -0.15) is 0 Å². The predicted molar refractivity (Wildman–Crippen MR) is 161 cm³/mol. The number of esters is 2. The molecule has 2 aliphatic rings. The molecule has 0 unspecified atom stereocenters. The Morgan fingerprint density at radius 1 is 0.884 bits per heavy atom. The average molecular weight is 622 g/mol. The molecule has 0 aromatic heterocycles. The lowest BCUT2D eigenvalue weighted by molar-refractivity contribution is -0.315. The van der Waals surface area contributed by atoms with Crippen LogP contribution in [0.2, 0.25) is 0 Å². The molecule has 0 bridgehead atoms. The summed E-state index contributed by atoms with van der Waals surface area (Å²) in [5.74, 6) is -1.14. The highest BCUT2D eigenvalue weighted by atomic mass is 32.2. The third-order valence-corrected chi connectivity index (χ3v) is 9.50. The van der Waals surface area contributed by atoms with Gasteiger partial charge in [0, 0.05) is 34.1 Å². The summed E-state index contributed by atoms with van der Waals surface area (Å²) < 4.78 is 30.2. The summed E-state index contributed by atoms with van der Waals surface area (Å²) >= 11 is 2.98. The highest BCUT2D eigenvalue weighted by molar-refractivity contribution is 8.17. The molecule has 12 heteroatoms. The number of azide groups is 1. The lowest BCUT2D eigenvalue weighted by Crippen LogP contribution is -2.65. The number of fused-ring (bicyclic) bond motifs is 1. The summed E-state index contributed by atoms with van der Waals surface area (Å²) in [7, 11) is 0. The van der Waals surface area contributed by atoms with E-state index in [9.17, 15) is 15.1 Å². The summed E-state index contributed by atoms with van der Waals surface area (Å²) in [5.41, 5.74) is 10.4. The van der Waals surface area contributed by atoms with Gasteiger partial charge in [-0.25, -0.2) is 0 Å². The first-order valence-corrected chi connectivity index (χ1v) is 15.5. The monoisotopic (exact) mass is 621 g/mol. The summed E-state index contributed by atoms with van der Waals surface area (Å²) in [6, 6.07) is 27.8. The van der Waals surface area contributed by atoms with Gasteiger partial charge in [0.25, 0.3) is 0 Å². The summed E-state index contributed by atoms with van der Waals surface area (Å²) in [6.45, 7) is 2.70. The van der Waals surface area contributed by atoms with Crippen LogP contribution in [-0.4, -0.2) is 59.7 Å². The van der Waals surface area contributed by atoms with Crippen molar-refractivity contribution in [1.29, 1.82) is 0 Å². The van der Waals surface area contributed by atoms with Gasteiger partial charge in [0.2, 0.25) is 0 Å². The molecular formula is C31H31N3O7S2. The van der Waals surface area contributed by atoms with E-state index in [4.69, 9.17) is 23.7 Å². The van der Waals surface area contributed by atoms with Crippen LogP contribution >= 0.6 is 23.5 Å². The van der Waals surface area contributed by atoms with E-state index in [-0.39, 0.29) is 6.61 Å². The second-order valence-corrected chi connectivity index (χ2v) is 12.6. The first-order chi connectivity index (χ1) is 20.9. The number of thioether (sulfide) groups is 2. The zero-order valence-corrected chi connectivity index (χ0v) is 25.1. The lowest BCUT2D eigenvalue weighted by atomic mass is 9.89. The molecule has 2 aliphatic heterocycles. The van der Waals surface area contributed by atoms with Gasteiger partial charge in [-0.05, 0) is 29.8 Å². The first kappa shape index (κ1) is 30.9. The van der Waals surface area contributed by atoms with E-state index in [0.29, 0.717) is 0 Å². The van der Waals surface area contributed by atoms with Gasteiger partial charge in [0.05, 0.1) is 11.2 Å². The quantitative estimate of drug-likeness (QED) is 0.0638. The summed E-state index contributed by atoms with van der Waals surface area (Å²) in [6.07, 6.45) is -5.31. The molecule has 0 amide bonds. The van der Waals surface area contributed by atoms with Gasteiger partial charge in [0.1, 0.15) is 30.5 Å². The highest BCUT2D eigenvalue weighted by Gasteiger charge is 2.55. The molecule has 10 nitrogen and oxygen atoms in total. The Morgan fingerprint density at radius 3 is 2.00 bits per heavy atom. The molecule has 3 aromatic rings. The van der Waals surface area contributed by atoms with E-state index in [1.54, 1.807) is 0 Å². The molecule has 224 valence electrons. The molecule has 0 aliphatic carbocycles. The summed E-state index contributed by atoms with van der Waals surface area (Å²) in [4.78, 5) is 30.0. The van der Waals surface area contributed by atoms with Crippen LogP contribution in [-0.2, 0) is 33.3 Å². The molecule has 3 aromatic carbocycles. The van der Waals surface area contributed by atoms with Gasteiger partial charge in [-0.3, -0.25) is 9.59 Å². The Bertz CT molecular complexity index is 1370. The van der Waals surface area contributed by atoms with Crippen molar-refractivity contribution in [3.8, 4) is 0 Å². The SMILES string of the molecule is CC(=O)O[C@@H]1[C@H](N=[N+]=[N-])[C@H]2O[C@@H](c3ccccc3)OC[C@H]2O[C@H]1[C@@H](OC(C)=O)C(Sc1ccccc1)Sc1ccccc1. The number of benzene rings is 3. The molecule has 0 spiro atoms. The van der Waals surface area contributed by atoms with Crippen molar-refractivity contribution in [3.05, 3.63) is 107 Å². The third kappa shape index (κ3) is 7.91. The van der Waals surface area contributed by atoms with E-state index in [0.717, 1.165) is 15.4 Å². The maximum atomic E-state index is 12.6. The lowest BCUT2D eigenvalue weighted by Gasteiger charge is -2.49. The van der Waals surface area contributed by atoms with Gasteiger partial charge >= 0.3 is 11.9 Å². The van der Waals surface area contributed by atoms with Gasteiger partial charge < -0.3 is 23.7 Å². The van der Waals surface area contributed by atoms with E-state index in [2.05, 4.69) is 10.0 Å². The zero-order valence-electron chi connectivity index (χ0n) is 23.5. The minimum Gasteiger partial charge on any atom is -0.459 e. The Hall–Kier alpha value is -3.51. The van der Waals surface area contributed by atoms with Gasteiger partial charge in [0.15, 0.2) is 12.4 Å². The second kappa shape index (κ2) is 14.8. The molecule has 43 heavy (non-hydrogen) atoms. The second-order valence-electron chi connectivity index (χ2n) is 9.89. The normalized spacial score (nSPS) is 25.6.